The molecule has 0 aromatic heterocycles. The van der Waals surface area contributed by atoms with Crippen LogP contribution in [0.5, 0.6) is 0 Å². The van der Waals surface area contributed by atoms with Gasteiger partial charge in [0.1, 0.15) is 0 Å². The Morgan fingerprint density at radius 1 is 1.35 bits per heavy atom. The number of carbonyl (C=O) groups excluding carboxylic acids is 2. The Bertz CT molecular complexity index is 694. The van der Waals surface area contributed by atoms with E-state index in [-0.39, 0.29) is 29.1 Å². The minimum atomic E-state index is -0.618. The maximum Gasteiger partial charge on any atom is 0.286 e. The van der Waals surface area contributed by atoms with Gasteiger partial charge in [-0.05, 0) is 30.9 Å². The van der Waals surface area contributed by atoms with Crippen LogP contribution >= 0.6 is 11.8 Å². The number of ether oxygens (including phenoxy) is 2. The number of hydrogen-bond acceptors (Lipinski definition) is 6. The van der Waals surface area contributed by atoms with E-state index in [1.54, 1.807) is 7.11 Å². The fourth-order valence-corrected chi connectivity index (χ4v) is 3.93. The van der Waals surface area contributed by atoms with Gasteiger partial charge < -0.3 is 14.6 Å². The minimum absolute atomic E-state index is 0.0886. The number of imide groups is 1. The molecule has 1 saturated heterocycles. The van der Waals surface area contributed by atoms with Crippen LogP contribution in [0.1, 0.15) is 25.7 Å². The Morgan fingerprint density at radius 3 is 2.77 bits per heavy atom. The number of aliphatic hydroxyl groups is 1. The van der Waals surface area contributed by atoms with Gasteiger partial charge in [0.2, 0.25) is 5.91 Å². The van der Waals surface area contributed by atoms with E-state index in [1.807, 2.05) is 30.4 Å². The molecular weight excluding hydrogens is 354 g/mol. The zero-order valence-electron chi connectivity index (χ0n) is 14.6. The van der Waals surface area contributed by atoms with E-state index >= 15 is 0 Å². The number of carbonyl (C=O) groups is 2. The average molecular weight is 377 g/mol. The summed E-state index contributed by atoms with van der Waals surface area (Å²) in [6.45, 7) is 0.246. The number of methoxy groups -OCH3 is 1. The van der Waals surface area contributed by atoms with Crippen molar-refractivity contribution in [2.24, 2.45) is 0 Å². The lowest BCUT2D eigenvalue weighted by molar-refractivity contribution is -0.118. The molecule has 0 saturated carbocycles. The van der Waals surface area contributed by atoms with E-state index in [9.17, 15) is 14.7 Å². The predicted octanol–water partition coefficient (Wildman–Crippen LogP) is 2.61. The predicted molar refractivity (Wildman–Crippen MR) is 99.5 cm³/mol. The molecule has 0 radical (unpaired) electrons. The largest absolute Gasteiger partial charge is 0.501 e. The normalized spacial score (nSPS) is 26.8. The van der Waals surface area contributed by atoms with Crippen LogP contribution < -0.4 is 5.32 Å². The van der Waals surface area contributed by atoms with Gasteiger partial charge in [0.15, 0.2) is 0 Å². The van der Waals surface area contributed by atoms with Crippen molar-refractivity contribution in [1.29, 1.82) is 0 Å². The molecule has 0 bridgehead atoms. The van der Waals surface area contributed by atoms with Gasteiger partial charge in [0.05, 0.1) is 36.9 Å². The molecule has 1 fully saturated rings. The number of rotatable bonds is 7. The van der Waals surface area contributed by atoms with Gasteiger partial charge in [-0.25, -0.2) is 0 Å². The van der Waals surface area contributed by atoms with Crippen LogP contribution in [0.4, 0.5) is 4.79 Å². The van der Waals surface area contributed by atoms with Crippen molar-refractivity contribution >= 4 is 22.9 Å². The van der Waals surface area contributed by atoms with Crippen molar-refractivity contribution in [2.45, 2.75) is 43.1 Å². The summed E-state index contributed by atoms with van der Waals surface area (Å²) >= 11 is 1.04. The van der Waals surface area contributed by atoms with E-state index in [2.05, 4.69) is 5.32 Å². The smallest absolute Gasteiger partial charge is 0.286 e. The van der Waals surface area contributed by atoms with Crippen LogP contribution in [0.15, 0.2) is 47.3 Å². The second-order valence-corrected chi connectivity index (χ2v) is 7.60. The third-order valence-corrected chi connectivity index (χ3v) is 5.61. The Morgan fingerprint density at radius 2 is 2.19 bits per heavy atom. The third-order valence-electron chi connectivity index (χ3n) is 4.63. The summed E-state index contributed by atoms with van der Waals surface area (Å²) < 4.78 is 11.0. The number of allylic oxidation sites excluding steroid dienone is 5. The Balaban J connectivity index is 1.43. The molecule has 2 unspecified atom stereocenters. The van der Waals surface area contributed by atoms with Crippen LogP contribution in [0.3, 0.4) is 0 Å². The Hall–Kier alpha value is -1.83. The summed E-state index contributed by atoms with van der Waals surface area (Å²) in [5.41, 5.74) is 1.98. The second-order valence-electron chi connectivity index (χ2n) is 6.43. The molecule has 0 aromatic carbocycles. The summed E-state index contributed by atoms with van der Waals surface area (Å²) in [4.78, 5) is 22.8. The molecule has 2 aliphatic carbocycles. The number of thioether (sulfide) groups is 1. The van der Waals surface area contributed by atoms with E-state index in [4.69, 9.17) is 9.47 Å². The Kier molecular flexibility index (Phi) is 6.34. The molecule has 3 rings (SSSR count). The first-order chi connectivity index (χ1) is 12.5. The van der Waals surface area contributed by atoms with Crippen molar-refractivity contribution in [1.82, 2.24) is 5.32 Å². The molecular formula is C19H23NO5S. The van der Waals surface area contributed by atoms with Gasteiger partial charge in [0, 0.05) is 6.42 Å². The highest BCUT2D eigenvalue weighted by Gasteiger charge is 2.32. The lowest BCUT2D eigenvalue weighted by Crippen LogP contribution is -2.25. The Labute approximate surface area is 157 Å². The molecule has 0 spiro atoms. The van der Waals surface area contributed by atoms with Crippen molar-refractivity contribution in [3.05, 3.63) is 47.3 Å². The van der Waals surface area contributed by atoms with Crippen LogP contribution in [0, 0.1) is 0 Å². The quantitative estimate of drug-likeness (QED) is 0.709. The van der Waals surface area contributed by atoms with E-state index in [1.165, 1.54) is 0 Å². The minimum Gasteiger partial charge on any atom is -0.501 e. The van der Waals surface area contributed by atoms with Crippen molar-refractivity contribution in [2.75, 3.05) is 13.7 Å². The maximum absolute atomic E-state index is 11.6. The van der Waals surface area contributed by atoms with Gasteiger partial charge in [-0.15, -0.1) is 0 Å². The van der Waals surface area contributed by atoms with Gasteiger partial charge in [0.25, 0.3) is 5.24 Å². The molecule has 2 amide bonds. The van der Waals surface area contributed by atoms with Crippen molar-refractivity contribution in [3.8, 4) is 0 Å². The summed E-state index contributed by atoms with van der Waals surface area (Å²) in [6.07, 6.45) is 11.8. The number of aliphatic hydroxyl groups excluding tert-OH is 1. The first kappa shape index (κ1) is 18.9. The van der Waals surface area contributed by atoms with Crippen molar-refractivity contribution < 1.29 is 24.2 Å². The first-order valence-electron chi connectivity index (χ1n) is 8.67. The highest BCUT2D eigenvalue weighted by atomic mass is 32.2. The SMILES string of the molecule is COC1=CC=C([C@@H](O)COC2C=CC(CC3SC(=O)NC3=O)=CC2)CC1. The maximum atomic E-state index is 11.6. The van der Waals surface area contributed by atoms with Crippen LogP contribution in [0.25, 0.3) is 0 Å². The van der Waals surface area contributed by atoms with E-state index < -0.39 is 6.10 Å². The molecule has 1 aliphatic heterocycles. The highest BCUT2D eigenvalue weighted by Crippen LogP contribution is 2.28. The lowest BCUT2D eigenvalue weighted by Gasteiger charge is -2.22. The molecule has 1 heterocycles. The standard InChI is InChI=1S/C19H23NO5S/c1-24-14-8-4-13(5-9-14)16(21)11-25-15-6-2-12(3-7-15)10-17-18(22)20-19(23)26-17/h2-4,6,8,15-17,21H,5,7,9-11H2,1H3,(H,20,22,23)/t15?,16-,17?/m0/s1. The van der Waals surface area contributed by atoms with Crippen LogP contribution in [-0.4, -0.2) is 47.4 Å². The molecule has 3 aliphatic rings. The summed E-state index contributed by atoms with van der Waals surface area (Å²) in [5, 5.41) is 12.0. The number of nitrogens with one attached hydrogen (secondary N) is 1. The average Bonchev–Trinajstić information content (AvgIpc) is 2.98. The molecule has 7 heteroatoms. The van der Waals surface area contributed by atoms with Crippen molar-refractivity contribution in [3.63, 3.8) is 0 Å². The molecule has 0 aromatic rings. The van der Waals surface area contributed by atoms with Gasteiger partial charge in [-0.1, -0.05) is 41.6 Å². The fourth-order valence-electron chi connectivity index (χ4n) is 3.07. The van der Waals surface area contributed by atoms with E-state index in [0.29, 0.717) is 12.8 Å². The number of hydrogen-bond donors (Lipinski definition) is 2. The van der Waals surface area contributed by atoms with Gasteiger partial charge in [-0.2, -0.15) is 0 Å². The van der Waals surface area contributed by atoms with Crippen LogP contribution in [0.2, 0.25) is 0 Å². The zero-order valence-corrected chi connectivity index (χ0v) is 15.5. The van der Waals surface area contributed by atoms with Crippen LogP contribution in [-0.2, 0) is 14.3 Å². The lowest BCUT2D eigenvalue weighted by atomic mass is 9.98. The molecule has 6 nitrogen and oxygen atoms in total. The molecule has 3 atom stereocenters. The summed E-state index contributed by atoms with van der Waals surface area (Å²) in [6, 6.07) is 0. The molecule has 140 valence electrons. The van der Waals surface area contributed by atoms with Gasteiger partial charge in [-0.3, -0.25) is 14.9 Å². The monoisotopic (exact) mass is 377 g/mol. The summed E-state index contributed by atoms with van der Waals surface area (Å²) in [7, 11) is 1.65. The third kappa shape index (κ3) is 4.87. The zero-order chi connectivity index (χ0) is 18.5. The van der Waals surface area contributed by atoms with E-state index in [0.717, 1.165) is 41.5 Å². The summed E-state index contributed by atoms with van der Waals surface area (Å²) in [5.74, 6) is 0.702. The number of amides is 2. The fraction of sp³-hybridized carbons (Fsp3) is 0.474. The molecule has 26 heavy (non-hydrogen) atoms. The molecule has 2 N–H and O–H groups in total. The highest BCUT2D eigenvalue weighted by molar-refractivity contribution is 8.15. The first-order valence-corrected chi connectivity index (χ1v) is 9.55. The topological polar surface area (TPSA) is 84.9 Å². The second kappa shape index (κ2) is 8.70. The van der Waals surface area contributed by atoms with Gasteiger partial charge >= 0.3 is 0 Å².